The first kappa shape index (κ1) is 14.8. The van der Waals surface area contributed by atoms with Gasteiger partial charge in [0, 0.05) is 33.1 Å². The number of piperidine rings is 1. The second-order valence-corrected chi connectivity index (χ2v) is 6.80. The number of carbonyl (C=O) groups is 2. The molecule has 0 aromatic carbocycles. The molecule has 0 unspecified atom stereocenters. The molecule has 0 bridgehead atoms. The van der Waals surface area contributed by atoms with Gasteiger partial charge in [-0.25, -0.2) is 4.39 Å². The Hall–Kier alpha value is -1.17. The number of rotatable bonds is 2. The van der Waals surface area contributed by atoms with Crippen LogP contribution in [0.5, 0.6) is 0 Å². The van der Waals surface area contributed by atoms with Crippen molar-refractivity contribution < 1.29 is 18.7 Å². The van der Waals surface area contributed by atoms with E-state index < -0.39 is 5.67 Å². The quantitative estimate of drug-likeness (QED) is 0.759. The average Bonchev–Trinajstić information content (AvgIpc) is 3.23. The Morgan fingerprint density at radius 2 is 2.05 bits per heavy atom. The van der Waals surface area contributed by atoms with Gasteiger partial charge in [0.2, 0.25) is 5.91 Å². The van der Waals surface area contributed by atoms with Crippen LogP contribution in [0.15, 0.2) is 0 Å². The van der Waals surface area contributed by atoms with E-state index in [2.05, 4.69) is 0 Å². The zero-order valence-electron chi connectivity index (χ0n) is 12.7. The van der Waals surface area contributed by atoms with Crippen molar-refractivity contribution in [3.8, 4) is 0 Å². The number of carbonyl (C=O) groups excluding carboxylic acids is 2. The van der Waals surface area contributed by atoms with E-state index in [0.29, 0.717) is 32.5 Å². The lowest BCUT2D eigenvalue weighted by Crippen LogP contribution is -2.53. The predicted molar refractivity (Wildman–Crippen MR) is 74.3 cm³/mol. The van der Waals surface area contributed by atoms with Crippen LogP contribution in [-0.2, 0) is 14.3 Å². The summed E-state index contributed by atoms with van der Waals surface area (Å²) in [6.07, 6.45) is 2.29. The summed E-state index contributed by atoms with van der Waals surface area (Å²) in [5, 5.41) is 0. The molecule has 2 aliphatic heterocycles. The number of amides is 2. The second kappa shape index (κ2) is 5.23. The van der Waals surface area contributed by atoms with E-state index in [1.54, 1.807) is 23.9 Å². The third-order valence-corrected chi connectivity index (χ3v) is 4.91. The van der Waals surface area contributed by atoms with Crippen LogP contribution in [0.3, 0.4) is 0 Å². The number of likely N-dealkylation sites (tertiary alicyclic amines) is 1. The number of nitrogens with zero attached hydrogens (tertiary/aromatic N) is 2. The number of hydrogen-bond donors (Lipinski definition) is 0. The summed E-state index contributed by atoms with van der Waals surface area (Å²) in [5.74, 6) is -0.285. The summed E-state index contributed by atoms with van der Waals surface area (Å²) in [5.41, 5.74) is -1.60. The number of alkyl halides is 1. The maximum absolute atomic E-state index is 13.9. The molecule has 5 nitrogen and oxygen atoms in total. The maximum Gasteiger partial charge on any atom is 0.260 e. The average molecular weight is 298 g/mol. The zero-order valence-corrected chi connectivity index (χ0v) is 12.7. The van der Waals surface area contributed by atoms with Gasteiger partial charge in [-0.1, -0.05) is 0 Å². The first-order valence-electron chi connectivity index (χ1n) is 7.72. The standard InChI is InChI=1S/C15H23FN2O3/c1-17(2)13(19)11-7-10-8-18(6-3-12(10)21-9-11)14(20)15(16)4-5-15/h10-12H,3-9H2,1-2H3/t10-,11-,12+/m0/s1. The molecule has 3 rings (SSSR count). The number of hydrogen-bond acceptors (Lipinski definition) is 3. The summed E-state index contributed by atoms with van der Waals surface area (Å²) in [6, 6.07) is 0. The van der Waals surface area contributed by atoms with Gasteiger partial charge < -0.3 is 14.5 Å². The predicted octanol–water partition coefficient (Wildman–Crippen LogP) is 0.830. The van der Waals surface area contributed by atoms with Gasteiger partial charge in [0.15, 0.2) is 5.67 Å². The molecular weight excluding hydrogens is 275 g/mol. The van der Waals surface area contributed by atoms with E-state index in [1.807, 2.05) is 0 Å². The molecule has 2 saturated heterocycles. The van der Waals surface area contributed by atoms with E-state index in [4.69, 9.17) is 4.74 Å². The van der Waals surface area contributed by atoms with Crippen LogP contribution in [0.1, 0.15) is 25.7 Å². The van der Waals surface area contributed by atoms with Crippen LogP contribution in [-0.4, -0.2) is 67.2 Å². The smallest absolute Gasteiger partial charge is 0.260 e. The van der Waals surface area contributed by atoms with Crippen molar-refractivity contribution in [1.29, 1.82) is 0 Å². The molecule has 6 heteroatoms. The Morgan fingerprint density at radius 3 is 2.67 bits per heavy atom. The monoisotopic (exact) mass is 298 g/mol. The van der Waals surface area contributed by atoms with Crippen LogP contribution in [0.2, 0.25) is 0 Å². The molecule has 0 N–H and O–H groups in total. The molecule has 0 spiro atoms. The van der Waals surface area contributed by atoms with Gasteiger partial charge in [-0.2, -0.15) is 0 Å². The highest BCUT2D eigenvalue weighted by Gasteiger charge is 2.54. The first-order chi connectivity index (χ1) is 9.90. The fourth-order valence-corrected chi connectivity index (χ4v) is 3.46. The van der Waals surface area contributed by atoms with Gasteiger partial charge in [0.25, 0.3) is 5.91 Å². The SMILES string of the molecule is CN(C)C(=O)[C@@H]1CO[C@@H]2CCN(C(=O)C3(F)CC3)C[C@@H]2C1. The van der Waals surface area contributed by atoms with Crippen molar-refractivity contribution in [3.63, 3.8) is 0 Å². The van der Waals surface area contributed by atoms with Gasteiger partial charge in [0.1, 0.15) is 0 Å². The molecule has 1 aliphatic carbocycles. The lowest BCUT2D eigenvalue weighted by Gasteiger charge is -2.43. The number of halogens is 1. The largest absolute Gasteiger partial charge is 0.377 e. The van der Waals surface area contributed by atoms with E-state index in [9.17, 15) is 14.0 Å². The lowest BCUT2D eigenvalue weighted by molar-refractivity contribution is -0.153. The minimum atomic E-state index is -1.60. The topological polar surface area (TPSA) is 49.9 Å². The van der Waals surface area contributed by atoms with Crippen molar-refractivity contribution in [1.82, 2.24) is 9.80 Å². The molecule has 2 amide bonds. The Balaban J connectivity index is 1.62. The summed E-state index contributed by atoms with van der Waals surface area (Å²) in [7, 11) is 3.48. The van der Waals surface area contributed by atoms with Crippen LogP contribution < -0.4 is 0 Å². The van der Waals surface area contributed by atoms with Crippen molar-refractivity contribution in [3.05, 3.63) is 0 Å². The molecule has 118 valence electrons. The van der Waals surface area contributed by atoms with E-state index in [0.717, 1.165) is 12.8 Å². The first-order valence-corrected chi connectivity index (χ1v) is 7.72. The molecule has 0 aromatic rings. The Morgan fingerprint density at radius 1 is 1.33 bits per heavy atom. The molecule has 0 radical (unpaired) electrons. The van der Waals surface area contributed by atoms with E-state index in [1.165, 1.54) is 0 Å². The lowest BCUT2D eigenvalue weighted by atomic mass is 9.83. The number of fused-ring (bicyclic) bond motifs is 1. The normalized spacial score (nSPS) is 34.0. The summed E-state index contributed by atoms with van der Waals surface area (Å²) < 4.78 is 19.7. The highest BCUT2D eigenvalue weighted by molar-refractivity contribution is 5.88. The van der Waals surface area contributed by atoms with Crippen LogP contribution in [0.25, 0.3) is 0 Å². The van der Waals surface area contributed by atoms with Crippen molar-refractivity contribution in [2.75, 3.05) is 33.8 Å². The third kappa shape index (κ3) is 2.78. The van der Waals surface area contributed by atoms with Crippen LogP contribution >= 0.6 is 0 Å². The molecule has 1 saturated carbocycles. The molecule has 3 atom stereocenters. The highest BCUT2D eigenvalue weighted by Crippen LogP contribution is 2.43. The molecule has 21 heavy (non-hydrogen) atoms. The fraction of sp³-hybridized carbons (Fsp3) is 0.867. The number of ether oxygens (including phenoxy) is 1. The third-order valence-electron chi connectivity index (χ3n) is 4.91. The Labute approximate surface area is 124 Å². The van der Waals surface area contributed by atoms with Gasteiger partial charge in [-0.15, -0.1) is 0 Å². The van der Waals surface area contributed by atoms with Crippen molar-refractivity contribution in [2.45, 2.75) is 37.5 Å². The van der Waals surface area contributed by atoms with Gasteiger partial charge >= 0.3 is 0 Å². The Kier molecular flexibility index (Phi) is 3.67. The molecule has 3 aliphatic rings. The molecule has 2 heterocycles. The highest BCUT2D eigenvalue weighted by atomic mass is 19.1. The molecule has 3 fully saturated rings. The van der Waals surface area contributed by atoms with E-state index >= 15 is 0 Å². The van der Waals surface area contributed by atoms with Crippen LogP contribution in [0, 0.1) is 11.8 Å². The van der Waals surface area contributed by atoms with Gasteiger partial charge in [-0.05, 0) is 25.7 Å². The zero-order chi connectivity index (χ0) is 15.2. The van der Waals surface area contributed by atoms with Crippen molar-refractivity contribution in [2.24, 2.45) is 11.8 Å². The summed E-state index contributed by atoms with van der Waals surface area (Å²) >= 11 is 0. The van der Waals surface area contributed by atoms with Gasteiger partial charge in [0.05, 0.1) is 18.6 Å². The summed E-state index contributed by atoms with van der Waals surface area (Å²) in [4.78, 5) is 27.4. The van der Waals surface area contributed by atoms with Crippen molar-refractivity contribution >= 4 is 11.8 Å². The summed E-state index contributed by atoms with van der Waals surface area (Å²) in [6.45, 7) is 1.55. The van der Waals surface area contributed by atoms with Crippen LogP contribution in [0.4, 0.5) is 4.39 Å². The molecule has 0 aromatic heterocycles. The van der Waals surface area contributed by atoms with E-state index in [-0.39, 0.29) is 29.8 Å². The van der Waals surface area contributed by atoms with Gasteiger partial charge in [-0.3, -0.25) is 9.59 Å². The minimum absolute atomic E-state index is 0.0704. The molecular formula is C15H23FN2O3. The second-order valence-electron chi connectivity index (χ2n) is 6.80. The minimum Gasteiger partial charge on any atom is -0.377 e. The Bertz CT molecular complexity index is 450. The maximum atomic E-state index is 13.9. The fourth-order valence-electron chi connectivity index (χ4n) is 3.46.